The van der Waals surface area contributed by atoms with Crippen LogP contribution in [0.4, 0.5) is 4.39 Å². The topological polar surface area (TPSA) is 37.8 Å². The Morgan fingerprint density at radius 1 is 1.77 bits per heavy atom. The molecule has 13 heavy (non-hydrogen) atoms. The summed E-state index contributed by atoms with van der Waals surface area (Å²) in [7, 11) is 0. The van der Waals surface area contributed by atoms with Crippen molar-refractivity contribution in [1.82, 2.24) is 9.55 Å². The Kier molecular flexibility index (Phi) is 2.98. The van der Waals surface area contributed by atoms with Gasteiger partial charge in [0.15, 0.2) is 4.77 Å². The molecule has 0 saturated carbocycles. The van der Waals surface area contributed by atoms with Crippen molar-refractivity contribution in [1.29, 1.82) is 0 Å². The molecule has 1 atom stereocenters. The van der Waals surface area contributed by atoms with Crippen molar-refractivity contribution in [3.05, 3.63) is 27.1 Å². The number of halogens is 1. The number of nitrogens with one attached hydrogen (secondary N) is 1. The SMILES string of the molecule is CCC(C)n1cc(F)c(=O)[nH]c1=S. The molecule has 0 amide bonds. The molecule has 1 aromatic rings. The first kappa shape index (κ1) is 10.1. The van der Waals surface area contributed by atoms with Crippen LogP contribution in [-0.2, 0) is 0 Å². The van der Waals surface area contributed by atoms with Crippen LogP contribution in [0.25, 0.3) is 0 Å². The maximum atomic E-state index is 12.8. The fraction of sp³-hybridized carbons (Fsp3) is 0.500. The van der Waals surface area contributed by atoms with Crippen molar-refractivity contribution in [3.8, 4) is 0 Å². The molecule has 1 N–H and O–H groups in total. The molecule has 0 aliphatic carbocycles. The number of aromatic nitrogens is 2. The fourth-order valence-electron chi connectivity index (χ4n) is 0.985. The molecule has 0 radical (unpaired) electrons. The molecule has 0 fully saturated rings. The number of hydrogen-bond acceptors (Lipinski definition) is 2. The first-order valence-corrected chi connectivity index (χ1v) is 4.48. The van der Waals surface area contributed by atoms with E-state index in [1.807, 2.05) is 13.8 Å². The molecule has 0 saturated heterocycles. The molecule has 0 spiro atoms. The molecule has 0 aliphatic heterocycles. The number of nitrogens with zero attached hydrogens (tertiary/aromatic N) is 1. The Bertz CT molecular complexity index is 409. The van der Waals surface area contributed by atoms with Crippen LogP contribution in [0.2, 0.25) is 0 Å². The van der Waals surface area contributed by atoms with Gasteiger partial charge in [-0.25, -0.2) is 0 Å². The van der Waals surface area contributed by atoms with Gasteiger partial charge in [0.1, 0.15) is 0 Å². The second-order valence-corrected chi connectivity index (χ2v) is 3.29. The van der Waals surface area contributed by atoms with Gasteiger partial charge in [0.25, 0.3) is 5.56 Å². The smallest absolute Gasteiger partial charge is 0.287 e. The van der Waals surface area contributed by atoms with Crippen LogP contribution in [0.15, 0.2) is 11.0 Å². The third kappa shape index (κ3) is 2.03. The van der Waals surface area contributed by atoms with E-state index in [1.54, 1.807) is 4.57 Å². The molecular weight excluding hydrogens is 191 g/mol. The van der Waals surface area contributed by atoms with E-state index in [0.717, 1.165) is 12.6 Å². The quantitative estimate of drug-likeness (QED) is 0.745. The lowest BCUT2D eigenvalue weighted by molar-refractivity contribution is 0.483. The molecule has 1 aromatic heterocycles. The van der Waals surface area contributed by atoms with Crippen molar-refractivity contribution in [2.24, 2.45) is 0 Å². The average Bonchev–Trinajstić information content (AvgIpc) is 2.10. The minimum Gasteiger partial charge on any atom is -0.319 e. The molecule has 72 valence electrons. The summed E-state index contributed by atoms with van der Waals surface area (Å²) in [5.41, 5.74) is -0.760. The number of rotatable bonds is 2. The van der Waals surface area contributed by atoms with Crippen molar-refractivity contribution < 1.29 is 4.39 Å². The van der Waals surface area contributed by atoms with Crippen LogP contribution in [0.3, 0.4) is 0 Å². The zero-order valence-corrected chi connectivity index (χ0v) is 8.32. The van der Waals surface area contributed by atoms with Gasteiger partial charge in [-0.05, 0) is 25.6 Å². The Hall–Kier alpha value is -0.970. The molecule has 1 rings (SSSR count). The monoisotopic (exact) mass is 202 g/mol. The zero-order chi connectivity index (χ0) is 10.0. The summed E-state index contributed by atoms with van der Waals surface area (Å²) in [6, 6.07) is 0.0962. The standard InChI is InChI=1S/C8H11FN2OS/c1-3-5(2)11-4-6(9)7(12)10-8(11)13/h4-5H,3H2,1-2H3,(H,10,12,13). The van der Waals surface area contributed by atoms with E-state index in [-0.39, 0.29) is 10.8 Å². The third-order valence-electron chi connectivity index (χ3n) is 1.99. The highest BCUT2D eigenvalue weighted by molar-refractivity contribution is 7.71. The maximum absolute atomic E-state index is 12.8. The van der Waals surface area contributed by atoms with Crippen molar-refractivity contribution in [3.63, 3.8) is 0 Å². The summed E-state index contributed by atoms with van der Waals surface area (Å²) in [5, 5.41) is 0. The van der Waals surface area contributed by atoms with E-state index in [4.69, 9.17) is 12.2 Å². The summed E-state index contributed by atoms with van der Waals surface area (Å²) < 4.78 is 14.7. The molecular formula is C8H11FN2OS. The molecule has 0 bridgehead atoms. The molecule has 0 aromatic carbocycles. The number of H-pyrrole nitrogens is 1. The molecule has 1 heterocycles. The molecule has 1 unspecified atom stereocenters. The second kappa shape index (κ2) is 3.83. The second-order valence-electron chi connectivity index (χ2n) is 2.90. The lowest BCUT2D eigenvalue weighted by Crippen LogP contribution is -2.18. The Balaban J connectivity index is 3.32. The minimum atomic E-state index is -0.797. The van der Waals surface area contributed by atoms with Crippen molar-refractivity contribution in [2.45, 2.75) is 26.3 Å². The maximum Gasteiger partial charge on any atom is 0.287 e. The minimum absolute atomic E-state index is 0.0962. The van der Waals surface area contributed by atoms with E-state index < -0.39 is 11.4 Å². The van der Waals surface area contributed by atoms with Gasteiger partial charge in [-0.15, -0.1) is 0 Å². The fourth-order valence-corrected chi connectivity index (χ4v) is 1.31. The van der Waals surface area contributed by atoms with Crippen LogP contribution >= 0.6 is 12.2 Å². The van der Waals surface area contributed by atoms with Gasteiger partial charge in [-0.1, -0.05) is 6.92 Å². The predicted molar refractivity (Wildman–Crippen MR) is 50.8 cm³/mol. The number of aromatic amines is 1. The lowest BCUT2D eigenvalue weighted by atomic mass is 10.2. The van der Waals surface area contributed by atoms with E-state index in [0.29, 0.717) is 0 Å². The Morgan fingerprint density at radius 3 is 2.92 bits per heavy atom. The average molecular weight is 202 g/mol. The van der Waals surface area contributed by atoms with Gasteiger partial charge in [0.05, 0.1) is 0 Å². The van der Waals surface area contributed by atoms with E-state index in [1.165, 1.54) is 0 Å². The zero-order valence-electron chi connectivity index (χ0n) is 7.50. The van der Waals surface area contributed by atoms with Crippen LogP contribution in [-0.4, -0.2) is 9.55 Å². The van der Waals surface area contributed by atoms with Crippen molar-refractivity contribution >= 4 is 12.2 Å². The van der Waals surface area contributed by atoms with E-state index in [9.17, 15) is 9.18 Å². The van der Waals surface area contributed by atoms with Crippen LogP contribution < -0.4 is 5.56 Å². The predicted octanol–water partition coefficient (Wildman–Crippen LogP) is 2.02. The van der Waals surface area contributed by atoms with E-state index >= 15 is 0 Å². The van der Waals surface area contributed by atoms with Crippen LogP contribution in [0, 0.1) is 10.6 Å². The Labute approximate surface area is 80.2 Å². The number of hydrogen-bond donors (Lipinski definition) is 1. The summed E-state index contributed by atoms with van der Waals surface area (Å²) in [4.78, 5) is 13.1. The van der Waals surface area contributed by atoms with Gasteiger partial charge in [-0.2, -0.15) is 4.39 Å². The van der Waals surface area contributed by atoms with Gasteiger partial charge >= 0.3 is 0 Å². The third-order valence-corrected chi connectivity index (χ3v) is 2.30. The summed E-state index contributed by atoms with van der Waals surface area (Å²) in [6.07, 6.45) is 1.98. The highest BCUT2D eigenvalue weighted by atomic mass is 32.1. The van der Waals surface area contributed by atoms with Gasteiger partial charge in [0, 0.05) is 12.2 Å². The Morgan fingerprint density at radius 2 is 2.38 bits per heavy atom. The van der Waals surface area contributed by atoms with Crippen LogP contribution in [0.5, 0.6) is 0 Å². The summed E-state index contributed by atoms with van der Waals surface area (Å²) in [5.74, 6) is -0.797. The van der Waals surface area contributed by atoms with Crippen LogP contribution in [0.1, 0.15) is 26.3 Å². The molecule has 0 aliphatic rings. The first-order valence-electron chi connectivity index (χ1n) is 4.07. The van der Waals surface area contributed by atoms with E-state index in [2.05, 4.69) is 4.98 Å². The summed E-state index contributed by atoms with van der Waals surface area (Å²) >= 11 is 4.88. The first-order chi connectivity index (χ1) is 6.06. The van der Waals surface area contributed by atoms with Crippen molar-refractivity contribution in [2.75, 3.05) is 0 Å². The summed E-state index contributed by atoms with van der Waals surface area (Å²) in [6.45, 7) is 3.88. The lowest BCUT2D eigenvalue weighted by Gasteiger charge is -2.12. The van der Waals surface area contributed by atoms with Gasteiger partial charge in [-0.3, -0.25) is 9.78 Å². The highest BCUT2D eigenvalue weighted by Crippen LogP contribution is 2.08. The molecule has 5 heteroatoms. The highest BCUT2D eigenvalue weighted by Gasteiger charge is 2.05. The largest absolute Gasteiger partial charge is 0.319 e. The normalized spacial score (nSPS) is 12.8. The van der Waals surface area contributed by atoms with Gasteiger partial charge in [0.2, 0.25) is 5.82 Å². The van der Waals surface area contributed by atoms with Gasteiger partial charge < -0.3 is 4.57 Å². The molecule has 3 nitrogen and oxygen atoms in total.